The summed E-state index contributed by atoms with van der Waals surface area (Å²) in [4.78, 5) is 0. The van der Waals surface area contributed by atoms with E-state index in [9.17, 15) is 4.39 Å². The van der Waals surface area contributed by atoms with E-state index in [4.69, 9.17) is 15.8 Å². The van der Waals surface area contributed by atoms with E-state index in [1.165, 1.54) is 12.1 Å². The minimum absolute atomic E-state index is 0. The Balaban J connectivity index is 0.00000121. The molecule has 0 amide bonds. The molecule has 12 heavy (non-hydrogen) atoms. The van der Waals surface area contributed by atoms with Crippen molar-refractivity contribution in [1.29, 1.82) is 0 Å². The number of anilines is 1. The van der Waals surface area contributed by atoms with Crippen molar-refractivity contribution >= 4 is 30.7 Å². The van der Waals surface area contributed by atoms with Crippen LogP contribution in [-0.4, -0.2) is 17.2 Å². The summed E-state index contributed by atoms with van der Waals surface area (Å²) < 4.78 is 12.6. The maximum atomic E-state index is 12.6. The van der Waals surface area contributed by atoms with Crippen LogP contribution in [0.1, 0.15) is 0 Å². The van der Waals surface area contributed by atoms with Gasteiger partial charge < -0.3 is 15.8 Å². The highest BCUT2D eigenvalue weighted by Gasteiger charge is 2.11. The van der Waals surface area contributed by atoms with Crippen LogP contribution in [0.5, 0.6) is 0 Å². The predicted octanol–water partition coefficient (Wildman–Crippen LogP) is -0.490. The van der Waals surface area contributed by atoms with Crippen molar-refractivity contribution < 1.29 is 14.4 Å². The average molecular weight is 191 g/mol. The molecule has 0 aromatic heterocycles. The molecule has 0 bridgehead atoms. The van der Waals surface area contributed by atoms with Crippen molar-refractivity contribution in [3.8, 4) is 0 Å². The SMILES string of the molecule is Cl.Nc1ccc(B(O)O)cc1F. The molecule has 66 valence electrons. The van der Waals surface area contributed by atoms with Gasteiger partial charge in [-0.3, -0.25) is 0 Å². The van der Waals surface area contributed by atoms with Gasteiger partial charge in [0.25, 0.3) is 0 Å². The van der Waals surface area contributed by atoms with Crippen molar-refractivity contribution in [2.24, 2.45) is 0 Å². The third-order valence-corrected chi connectivity index (χ3v) is 1.32. The Hall–Kier alpha value is -0.775. The highest BCUT2D eigenvalue weighted by atomic mass is 35.5. The molecule has 0 fully saturated rings. The summed E-state index contributed by atoms with van der Waals surface area (Å²) in [5.74, 6) is -0.643. The summed E-state index contributed by atoms with van der Waals surface area (Å²) >= 11 is 0. The van der Waals surface area contributed by atoms with Crippen LogP contribution in [0.2, 0.25) is 0 Å². The first kappa shape index (κ1) is 11.2. The number of benzene rings is 1. The van der Waals surface area contributed by atoms with Gasteiger partial charge in [-0.2, -0.15) is 0 Å². The molecule has 6 heteroatoms. The van der Waals surface area contributed by atoms with E-state index in [-0.39, 0.29) is 23.6 Å². The van der Waals surface area contributed by atoms with Gasteiger partial charge in [0.05, 0.1) is 5.69 Å². The molecule has 0 spiro atoms. The predicted molar refractivity (Wildman–Crippen MR) is 47.9 cm³/mol. The molecule has 0 heterocycles. The normalized spacial score (nSPS) is 8.92. The van der Waals surface area contributed by atoms with Crippen LogP contribution < -0.4 is 11.2 Å². The van der Waals surface area contributed by atoms with Crippen LogP contribution in [0.25, 0.3) is 0 Å². The van der Waals surface area contributed by atoms with Crippen molar-refractivity contribution in [3.05, 3.63) is 24.0 Å². The van der Waals surface area contributed by atoms with E-state index < -0.39 is 12.9 Å². The third kappa shape index (κ3) is 2.37. The molecule has 0 atom stereocenters. The first-order valence-corrected chi connectivity index (χ1v) is 3.02. The number of nitrogen functional groups attached to an aromatic ring is 1. The minimum atomic E-state index is -1.65. The van der Waals surface area contributed by atoms with Crippen LogP contribution in [0, 0.1) is 5.82 Å². The average Bonchev–Trinajstić information content (AvgIpc) is 1.94. The maximum Gasteiger partial charge on any atom is 0.488 e. The Morgan fingerprint density at radius 2 is 1.92 bits per heavy atom. The number of rotatable bonds is 1. The zero-order chi connectivity index (χ0) is 8.43. The van der Waals surface area contributed by atoms with Gasteiger partial charge in [-0.1, -0.05) is 6.07 Å². The van der Waals surface area contributed by atoms with Gasteiger partial charge in [0.1, 0.15) is 5.82 Å². The van der Waals surface area contributed by atoms with Crippen molar-refractivity contribution in [2.75, 3.05) is 5.73 Å². The third-order valence-electron chi connectivity index (χ3n) is 1.32. The molecule has 0 aliphatic rings. The zero-order valence-electron chi connectivity index (χ0n) is 6.07. The fraction of sp³-hybridized carbons (Fsp3) is 0. The maximum absolute atomic E-state index is 12.6. The van der Waals surface area contributed by atoms with E-state index in [1.54, 1.807) is 0 Å². The van der Waals surface area contributed by atoms with Crippen LogP contribution in [0.4, 0.5) is 10.1 Å². The molecule has 0 saturated heterocycles. The lowest BCUT2D eigenvalue weighted by Crippen LogP contribution is -2.30. The van der Waals surface area contributed by atoms with Crippen LogP contribution in [-0.2, 0) is 0 Å². The molecule has 1 rings (SSSR count). The molecule has 1 aromatic rings. The molecule has 0 unspecified atom stereocenters. The van der Waals surface area contributed by atoms with Crippen molar-refractivity contribution in [1.82, 2.24) is 0 Å². The van der Waals surface area contributed by atoms with E-state index in [0.29, 0.717) is 0 Å². The molecule has 0 radical (unpaired) electrons. The summed E-state index contributed by atoms with van der Waals surface area (Å²) in [5, 5.41) is 17.2. The van der Waals surface area contributed by atoms with E-state index in [2.05, 4.69) is 0 Å². The van der Waals surface area contributed by atoms with Crippen LogP contribution >= 0.6 is 12.4 Å². The van der Waals surface area contributed by atoms with Gasteiger partial charge in [-0.25, -0.2) is 4.39 Å². The Kier molecular flexibility index (Phi) is 4.02. The summed E-state index contributed by atoms with van der Waals surface area (Å²) in [6, 6.07) is 3.62. The lowest BCUT2D eigenvalue weighted by molar-refractivity contribution is 0.425. The quantitative estimate of drug-likeness (QED) is 0.414. The molecule has 0 aliphatic carbocycles. The highest BCUT2D eigenvalue weighted by Crippen LogP contribution is 2.05. The Morgan fingerprint density at radius 1 is 1.33 bits per heavy atom. The molecule has 3 nitrogen and oxygen atoms in total. The fourth-order valence-electron chi connectivity index (χ4n) is 0.704. The Labute approximate surface area is 75.6 Å². The summed E-state index contributed by atoms with van der Waals surface area (Å²) in [7, 11) is -1.65. The largest absolute Gasteiger partial charge is 0.488 e. The van der Waals surface area contributed by atoms with Crippen molar-refractivity contribution in [2.45, 2.75) is 0 Å². The first-order chi connectivity index (χ1) is 5.11. The monoisotopic (exact) mass is 191 g/mol. The highest BCUT2D eigenvalue weighted by molar-refractivity contribution is 6.58. The summed E-state index contributed by atoms with van der Waals surface area (Å²) in [6.07, 6.45) is 0. The number of halogens is 2. The minimum Gasteiger partial charge on any atom is -0.423 e. The second kappa shape index (κ2) is 4.30. The van der Waals surface area contributed by atoms with Gasteiger partial charge in [-0.05, 0) is 17.6 Å². The summed E-state index contributed by atoms with van der Waals surface area (Å²) in [6.45, 7) is 0. The second-order valence-electron chi connectivity index (χ2n) is 2.15. The van der Waals surface area contributed by atoms with E-state index in [1.807, 2.05) is 0 Å². The lowest BCUT2D eigenvalue weighted by atomic mass is 9.80. The molecule has 4 N–H and O–H groups in total. The fourth-order valence-corrected chi connectivity index (χ4v) is 0.704. The van der Waals surface area contributed by atoms with E-state index >= 15 is 0 Å². The number of hydrogen-bond acceptors (Lipinski definition) is 3. The molecule has 0 saturated carbocycles. The Bertz CT molecular complexity index is 272. The molecule has 0 aliphatic heterocycles. The molecular weight excluding hydrogens is 183 g/mol. The molecular formula is C6H8BClFNO2. The molecule has 1 aromatic carbocycles. The number of hydrogen-bond donors (Lipinski definition) is 3. The first-order valence-electron chi connectivity index (χ1n) is 3.02. The second-order valence-corrected chi connectivity index (χ2v) is 2.15. The topological polar surface area (TPSA) is 66.5 Å². The lowest BCUT2D eigenvalue weighted by Gasteiger charge is -2.00. The van der Waals surface area contributed by atoms with Crippen LogP contribution in [0.15, 0.2) is 18.2 Å². The van der Waals surface area contributed by atoms with Crippen LogP contribution in [0.3, 0.4) is 0 Å². The Morgan fingerprint density at radius 3 is 2.33 bits per heavy atom. The number of nitrogens with two attached hydrogens (primary N) is 1. The smallest absolute Gasteiger partial charge is 0.423 e. The van der Waals surface area contributed by atoms with Gasteiger partial charge in [0.15, 0.2) is 0 Å². The van der Waals surface area contributed by atoms with Gasteiger partial charge >= 0.3 is 7.12 Å². The van der Waals surface area contributed by atoms with E-state index in [0.717, 1.165) is 6.07 Å². The summed E-state index contributed by atoms with van der Waals surface area (Å²) in [5.41, 5.74) is 5.24. The van der Waals surface area contributed by atoms with Gasteiger partial charge in [0.2, 0.25) is 0 Å². The van der Waals surface area contributed by atoms with Gasteiger partial charge in [-0.15, -0.1) is 12.4 Å². The zero-order valence-corrected chi connectivity index (χ0v) is 6.88. The standard InChI is InChI=1S/C6H7BFNO2.ClH/c8-5-3-4(7(10)11)1-2-6(5)9;/h1-3,10-11H,9H2;1H. The van der Waals surface area contributed by atoms with Crippen molar-refractivity contribution in [3.63, 3.8) is 0 Å². The van der Waals surface area contributed by atoms with Gasteiger partial charge in [0, 0.05) is 0 Å².